The molecule has 106 valence electrons. The van der Waals surface area contributed by atoms with E-state index in [9.17, 15) is 13.2 Å². The third-order valence-electron chi connectivity index (χ3n) is 4.00. The fourth-order valence-corrected chi connectivity index (χ4v) is 3.85. The van der Waals surface area contributed by atoms with Crippen LogP contribution in [0.2, 0.25) is 0 Å². The second-order valence-electron chi connectivity index (χ2n) is 5.27. The third kappa shape index (κ3) is 3.06. The molecule has 1 aromatic rings. The molecule has 3 atom stereocenters. The fraction of sp³-hybridized carbons (Fsp3) is 0.615. The summed E-state index contributed by atoms with van der Waals surface area (Å²) in [7, 11) is -3.68. The summed E-state index contributed by atoms with van der Waals surface area (Å²) in [5.74, 6) is 0.818. The highest BCUT2D eigenvalue weighted by Gasteiger charge is 2.31. The van der Waals surface area contributed by atoms with E-state index in [1.807, 2.05) is 0 Å². The Hall–Kier alpha value is -1.14. The van der Waals surface area contributed by atoms with Crippen LogP contribution in [0.5, 0.6) is 0 Å². The molecule has 1 aliphatic carbocycles. The SMILES string of the molecule is CC1CCCC(NS(=O)(=O)c2ccc(C=O)o2)C1C. The van der Waals surface area contributed by atoms with Crippen molar-refractivity contribution in [2.75, 3.05) is 0 Å². The van der Waals surface area contributed by atoms with Crippen LogP contribution in [-0.2, 0) is 10.0 Å². The Balaban J connectivity index is 2.14. The van der Waals surface area contributed by atoms with Gasteiger partial charge in [-0.3, -0.25) is 4.79 Å². The van der Waals surface area contributed by atoms with E-state index in [0.717, 1.165) is 19.3 Å². The highest BCUT2D eigenvalue weighted by Crippen LogP contribution is 2.30. The van der Waals surface area contributed by atoms with Crippen LogP contribution in [0.3, 0.4) is 0 Å². The highest BCUT2D eigenvalue weighted by molar-refractivity contribution is 7.89. The van der Waals surface area contributed by atoms with Gasteiger partial charge in [-0.05, 0) is 30.4 Å². The largest absolute Gasteiger partial charge is 0.440 e. The van der Waals surface area contributed by atoms with Crippen molar-refractivity contribution in [2.24, 2.45) is 11.8 Å². The zero-order valence-electron chi connectivity index (χ0n) is 11.1. The van der Waals surface area contributed by atoms with Gasteiger partial charge in [0.15, 0.2) is 12.0 Å². The van der Waals surface area contributed by atoms with Crippen LogP contribution in [0, 0.1) is 11.8 Å². The fourth-order valence-electron chi connectivity index (χ4n) is 2.55. The number of furan rings is 1. The molecule has 6 heteroatoms. The van der Waals surface area contributed by atoms with Gasteiger partial charge in [0.05, 0.1) is 0 Å². The smallest absolute Gasteiger partial charge is 0.274 e. The van der Waals surface area contributed by atoms with Gasteiger partial charge in [-0.2, -0.15) is 0 Å². The Kier molecular flexibility index (Phi) is 4.10. The number of sulfonamides is 1. The molecule has 1 saturated carbocycles. The van der Waals surface area contributed by atoms with Crippen LogP contribution < -0.4 is 4.72 Å². The van der Waals surface area contributed by atoms with Gasteiger partial charge in [-0.25, -0.2) is 13.1 Å². The summed E-state index contributed by atoms with van der Waals surface area (Å²) >= 11 is 0. The molecule has 0 amide bonds. The second kappa shape index (κ2) is 5.46. The molecule has 0 spiro atoms. The molecule has 2 rings (SSSR count). The topological polar surface area (TPSA) is 76.4 Å². The van der Waals surface area contributed by atoms with E-state index >= 15 is 0 Å². The van der Waals surface area contributed by atoms with Crippen molar-refractivity contribution in [3.8, 4) is 0 Å². The predicted molar refractivity (Wildman–Crippen MR) is 70.4 cm³/mol. The van der Waals surface area contributed by atoms with E-state index in [1.54, 1.807) is 0 Å². The average molecular weight is 285 g/mol. The number of carbonyl (C=O) groups excluding carboxylic acids is 1. The third-order valence-corrected chi connectivity index (χ3v) is 5.36. The number of carbonyl (C=O) groups is 1. The summed E-state index contributed by atoms with van der Waals surface area (Å²) in [6.07, 6.45) is 3.49. The minimum absolute atomic E-state index is 0.0189. The summed E-state index contributed by atoms with van der Waals surface area (Å²) in [6.45, 7) is 4.21. The highest BCUT2D eigenvalue weighted by atomic mass is 32.2. The molecule has 1 heterocycles. The van der Waals surface area contributed by atoms with Crippen molar-refractivity contribution in [3.63, 3.8) is 0 Å². The summed E-state index contributed by atoms with van der Waals surface area (Å²) in [5, 5.41) is -0.194. The van der Waals surface area contributed by atoms with Gasteiger partial charge in [0.1, 0.15) is 0 Å². The summed E-state index contributed by atoms with van der Waals surface area (Å²) in [5.41, 5.74) is 0. The maximum atomic E-state index is 12.2. The number of hydrogen-bond donors (Lipinski definition) is 1. The molecule has 0 bridgehead atoms. The monoisotopic (exact) mass is 285 g/mol. The standard InChI is InChI=1S/C13H19NO4S/c1-9-4-3-5-12(10(9)2)14-19(16,17)13-7-6-11(8-15)18-13/h6-10,12,14H,3-5H2,1-2H3. The van der Waals surface area contributed by atoms with Gasteiger partial charge in [0.2, 0.25) is 5.09 Å². The molecular weight excluding hydrogens is 266 g/mol. The lowest BCUT2D eigenvalue weighted by molar-refractivity contribution is 0.109. The lowest BCUT2D eigenvalue weighted by Crippen LogP contribution is -2.43. The minimum atomic E-state index is -3.68. The summed E-state index contributed by atoms with van der Waals surface area (Å²) in [6, 6.07) is 2.59. The molecule has 1 fully saturated rings. The zero-order valence-corrected chi connectivity index (χ0v) is 11.9. The predicted octanol–water partition coefficient (Wildman–Crippen LogP) is 2.20. The minimum Gasteiger partial charge on any atom is -0.440 e. The van der Waals surface area contributed by atoms with Gasteiger partial charge in [0, 0.05) is 6.04 Å². The van der Waals surface area contributed by atoms with Crippen molar-refractivity contribution in [3.05, 3.63) is 17.9 Å². The maximum absolute atomic E-state index is 12.2. The molecule has 5 nitrogen and oxygen atoms in total. The van der Waals surface area contributed by atoms with Crippen molar-refractivity contribution in [1.29, 1.82) is 0 Å². The van der Waals surface area contributed by atoms with Crippen LogP contribution in [0.1, 0.15) is 43.7 Å². The first-order chi connectivity index (χ1) is 8.94. The van der Waals surface area contributed by atoms with Crippen molar-refractivity contribution in [2.45, 2.75) is 44.2 Å². The first-order valence-electron chi connectivity index (χ1n) is 6.51. The van der Waals surface area contributed by atoms with Crippen LogP contribution in [0.25, 0.3) is 0 Å². The quantitative estimate of drug-likeness (QED) is 0.860. The molecule has 1 aromatic heterocycles. The first kappa shape index (κ1) is 14.3. The second-order valence-corrected chi connectivity index (χ2v) is 6.91. The Labute approximate surface area is 113 Å². The van der Waals surface area contributed by atoms with E-state index < -0.39 is 10.0 Å². The molecule has 1 aliphatic rings. The van der Waals surface area contributed by atoms with Crippen LogP contribution in [0.4, 0.5) is 0 Å². The number of rotatable bonds is 4. The van der Waals surface area contributed by atoms with Crippen LogP contribution >= 0.6 is 0 Å². The summed E-state index contributed by atoms with van der Waals surface area (Å²) < 4.78 is 32.0. The lowest BCUT2D eigenvalue weighted by atomic mass is 9.78. The molecule has 0 radical (unpaired) electrons. The molecule has 0 aromatic carbocycles. The average Bonchev–Trinajstić information content (AvgIpc) is 2.84. The van der Waals surface area contributed by atoms with E-state index in [4.69, 9.17) is 4.42 Å². The number of nitrogens with one attached hydrogen (secondary N) is 1. The molecule has 0 aliphatic heterocycles. The molecule has 1 N–H and O–H groups in total. The van der Waals surface area contributed by atoms with Crippen LogP contribution in [0.15, 0.2) is 21.6 Å². The zero-order chi connectivity index (χ0) is 14.0. The van der Waals surface area contributed by atoms with Gasteiger partial charge in [0.25, 0.3) is 10.0 Å². The van der Waals surface area contributed by atoms with Crippen molar-refractivity contribution in [1.82, 2.24) is 4.72 Å². The van der Waals surface area contributed by atoms with Gasteiger partial charge in [-0.1, -0.05) is 26.7 Å². The van der Waals surface area contributed by atoms with Gasteiger partial charge < -0.3 is 4.42 Å². The summed E-state index contributed by atoms with van der Waals surface area (Å²) in [4.78, 5) is 10.5. The Bertz CT molecular complexity index is 549. The van der Waals surface area contributed by atoms with E-state index in [2.05, 4.69) is 18.6 Å². The maximum Gasteiger partial charge on any atom is 0.274 e. The van der Waals surface area contributed by atoms with Gasteiger partial charge in [-0.15, -0.1) is 0 Å². The lowest BCUT2D eigenvalue weighted by Gasteiger charge is -2.34. The molecule has 3 unspecified atom stereocenters. The Morgan fingerprint density at radius 2 is 2.05 bits per heavy atom. The van der Waals surface area contributed by atoms with E-state index in [-0.39, 0.29) is 16.9 Å². The number of aldehydes is 1. The normalized spacial score (nSPS) is 28.2. The van der Waals surface area contributed by atoms with Crippen molar-refractivity contribution >= 4 is 16.3 Å². The van der Waals surface area contributed by atoms with E-state index in [0.29, 0.717) is 18.1 Å². The van der Waals surface area contributed by atoms with Gasteiger partial charge >= 0.3 is 0 Å². The molecule has 0 saturated heterocycles. The van der Waals surface area contributed by atoms with Crippen LogP contribution in [-0.4, -0.2) is 20.7 Å². The van der Waals surface area contributed by atoms with E-state index in [1.165, 1.54) is 12.1 Å². The van der Waals surface area contributed by atoms with Crippen molar-refractivity contribution < 1.29 is 17.6 Å². The Morgan fingerprint density at radius 1 is 1.32 bits per heavy atom. The molecule has 19 heavy (non-hydrogen) atoms. The Morgan fingerprint density at radius 3 is 2.68 bits per heavy atom. The first-order valence-corrected chi connectivity index (χ1v) is 7.99. The molecular formula is C13H19NO4S. The number of hydrogen-bond acceptors (Lipinski definition) is 4.